The zero-order valence-electron chi connectivity index (χ0n) is 13.8. The highest BCUT2D eigenvalue weighted by atomic mass is 79.9. The second kappa shape index (κ2) is 3.62. The third-order valence-corrected chi connectivity index (χ3v) is 1.32. The number of rotatable bonds is 2. The van der Waals surface area contributed by atoms with Gasteiger partial charge in [0, 0.05) is 4.11 Å². The molecular weight excluding hydrogens is 192 g/mol. The topological polar surface area (TPSA) is 9.23 Å². The number of benzene rings is 1. The molecule has 0 saturated heterocycles. The van der Waals surface area contributed by atoms with Gasteiger partial charge in [0.05, 0.1) is 19.3 Å². The highest BCUT2D eigenvalue weighted by molar-refractivity contribution is 9.10. The summed E-state index contributed by atoms with van der Waals surface area (Å²) in [6, 6.07) is -2.29. The minimum absolute atomic E-state index is 0.230. The van der Waals surface area contributed by atoms with Crippen LogP contribution in [0.4, 0.5) is 0 Å². The third-order valence-electron chi connectivity index (χ3n) is 0.763. The van der Waals surface area contributed by atoms with Crippen LogP contribution >= 0.6 is 15.9 Å². The summed E-state index contributed by atoms with van der Waals surface area (Å²) in [6.07, 6.45) is 0. The first kappa shape index (κ1) is 2.01. The summed E-state index contributed by atoms with van der Waals surface area (Å²) in [5.41, 5.74) is 0. The average Bonchev–Trinajstić information content (AvgIpc) is 2.28. The SMILES string of the molecule is [2H]c1c([2H])c([2H])c(OC([2H])([2H])C([2H])([2H])[2H])c(Br)c1[2H]. The van der Waals surface area contributed by atoms with Gasteiger partial charge < -0.3 is 4.74 Å². The fourth-order valence-corrected chi connectivity index (χ4v) is 0.686. The van der Waals surface area contributed by atoms with Crippen molar-refractivity contribution in [3.8, 4) is 5.75 Å². The van der Waals surface area contributed by atoms with Crippen molar-refractivity contribution in [2.24, 2.45) is 0 Å². The lowest BCUT2D eigenvalue weighted by molar-refractivity contribution is 0.338. The standard InChI is InChI=1S/C8H9BrO/c1-2-10-8-6-4-3-5-7(8)9/h3-6H,2H2,1H3/i1D3,2D2,3D,4D,5D,6D. The molecule has 0 amide bonds. The van der Waals surface area contributed by atoms with Gasteiger partial charge in [-0.2, -0.15) is 0 Å². The maximum atomic E-state index is 7.56. The van der Waals surface area contributed by atoms with Gasteiger partial charge in [0.25, 0.3) is 0 Å². The van der Waals surface area contributed by atoms with Gasteiger partial charge in [0.15, 0.2) is 0 Å². The normalized spacial score (nSPS) is 25.1. The molecule has 0 atom stereocenters. The van der Waals surface area contributed by atoms with E-state index in [1.807, 2.05) is 0 Å². The average molecular weight is 210 g/mol. The predicted octanol–water partition coefficient (Wildman–Crippen LogP) is 2.85. The summed E-state index contributed by atoms with van der Waals surface area (Å²) >= 11 is 2.85. The van der Waals surface area contributed by atoms with E-state index in [0.717, 1.165) is 0 Å². The maximum absolute atomic E-state index is 7.56. The van der Waals surface area contributed by atoms with Crippen LogP contribution in [0, 0.1) is 0 Å². The Kier molecular flexibility index (Phi) is 0.725. The minimum Gasteiger partial charge on any atom is -0.493 e. The quantitative estimate of drug-likeness (QED) is 0.729. The van der Waals surface area contributed by atoms with E-state index in [1.165, 1.54) is 0 Å². The minimum atomic E-state index is -3.09. The number of hydrogen-bond donors (Lipinski definition) is 0. The van der Waals surface area contributed by atoms with Crippen LogP contribution in [0.2, 0.25) is 0 Å². The summed E-state index contributed by atoms with van der Waals surface area (Å²) in [5, 5.41) is 0. The molecule has 10 heavy (non-hydrogen) atoms. The van der Waals surface area contributed by atoms with Crippen LogP contribution in [0.5, 0.6) is 5.75 Å². The smallest absolute Gasteiger partial charge is 0.133 e. The Balaban J connectivity index is 3.39. The van der Waals surface area contributed by atoms with Gasteiger partial charge in [-0.05, 0) is 34.9 Å². The van der Waals surface area contributed by atoms with E-state index in [4.69, 9.17) is 12.3 Å². The third kappa shape index (κ3) is 1.74. The Bertz CT molecular complexity index is 481. The van der Waals surface area contributed by atoms with Gasteiger partial charge in [0.1, 0.15) is 5.75 Å². The fourth-order valence-electron chi connectivity index (χ4n) is 0.407. The Morgan fingerprint density at radius 2 is 2.60 bits per heavy atom. The van der Waals surface area contributed by atoms with Crippen LogP contribution in [-0.4, -0.2) is 6.56 Å². The molecule has 2 heteroatoms. The summed E-state index contributed by atoms with van der Waals surface area (Å²) in [4.78, 5) is 0. The highest BCUT2D eigenvalue weighted by Crippen LogP contribution is 2.23. The molecule has 0 unspecified atom stereocenters. The Morgan fingerprint density at radius 3 is 3.40 bits per heavy atom. The summed E-state index contributed by atoms with van der Waals surface area (Å²) in [5.74, 6) is -0.577. The van der Waals surface area contributed by atoms with Gasteiger partial charge in [-0.3, -0.25) is 0 Å². The van der Waals surface area contributed by atoms with E-state index in [1.54, 1.807) is 0 Å². The monoisotopic (exact) mass is 209 g/mol. The van der Waals surface area contributed by atoms with E-state index < -0.39 is 43.3 Å². The number of hydrogen-bond acceptors (Lipinski definition) is 1. The molecule has 1 aromatic rings. The molecule has 1 rings (SSSR count). The Morgan fingerprint density at radius 1 is 1.80 bits per heavy atom. The molecule has 54 valence electrons. The van der Waals surface area contributed by atoms with Gasteiger partial charge in [0.2, 0.25) is 0 Å². The van der Waals surface area contributed by atoms with Gasteiger partial charge in [-0.1, -0.05) is 12.1 Å². The molecule has 0 aliphatic carbocycles. The molecule has 0 aliphatic heterocycles. The molecule has 0 heterocycles. The molecular formula is C8H9BrO. The molecule has 0 radical (unpaired) electrons. The fraction of sp³-hybridized carbons (Fsp3) is 0.250. The first-order chi connectivity index (χ1) is 8.40. The van der Waals surface area contributed by atoms with E-state index in [0.29, 0.717) is 0 Å². The Hall–Kier alpha value is -0.500. The van der Waals surface area contributed by atoms with Crippen molar-refractivity contribution in [1.29, 1.82) is 0 Å². The highest BCUT2D eigenvalue weighted by Gasteiger charge is 1.94. The zero-order valence-corrected chi connectivity index (χ0v) is 6.37. The van der Waals surface area contributed by atoms with Crippen molar-refractivity contribution in [3.63, 3.8) is 0 Å². The molecule has 0 saturated carbocycles. The van der Waals surface area contributed by atoms with Crippen molar-refractivity contribution in [2.75, 3.05) is 6.56 Å². The number of para-hydroxylation sites is 1. The lowest BCUT2D eigenvalue weighted by atomic mass is 10.3. The van der Waals surface area contributed by atoms with Crippen LogP contribution in [0.25, 0.3) is 0 Å². The van der Waals surface area contributed by atoms with E-state index in [9.17, 15) is 0 Å². The van der Waals surface area contributed by atoms with E-state index in [-0.39, 0.29) is 4.47 Å². The molecule has 0 bridgehead atoms. The maximum Gasteiger partial charge on any atom is 0.133 e. The second-order valence-electron chi connectivity index (χ2n) is 1.35. The first-order valence-electron chi connectivity index (χ1n) is 6.85. The molecule has 1 aromatic carbocycles. The summed E-state index contributed by atoms with van der Waals surface area (Å²) in [7, 11) is 0. The molecule has 0 N–H and O–H groups in total. The van der Waals surface area contributed by atoms with Gasteiger partial charge >= 0.3 is 0 Å². The zero-order chi connectivity index (χ0) is 15.2. The molecule has 0 aliphatic rings. The van der Waals surface area contributed by atoms with Crippen LogP contribution < -0.4 is 4.74 Å². The van der Waals surface area contributed by atoms with Crippen LogP contribution in [-0.2, 0) is 0 Å². The Labute approximate surface area is 81.8 Å². The van der Waals surface area contributed by atoms with Gasteiger partial charge in [-0.25, -0.2) is 0 Å². The largest absolute Gasteiger partial charge is 0.493 e. The number of ether oxygens (including phenoxy) is 1. The van der Waals surface area contributed by atoms with E-state index in [2.05, 4.69) is 20.7 Å². The first-order valence-corrected chi connectivity index (χ1v) is 3.14. The number of halogens is 1. The molecule has 0 spiro atoms. The van der Waals surface area contributed by atoms with Gasteiger partial charge in [-0.15, -0.1) is 0 Å². The summed E-state index contributed by atoms with van der Waals surface area (Å²) < 4.78 is 69.9. The molecule has 1 nitrogen and oxygen atoms in total. The van der Waals surface area contributed by atoms with Crippen molar-refractivity contribution >= 4 is 15.9 Å². The molecule has 0 fully saturated rings. The lowest BCUT2D eigenvalue weighted by Gasteiger charge is -2.03. The second-order valence-corrected chi connectivity index (χ2v) is 2.14. The van der Waals surface area contributed by atoms with Crippen molar-refractivity contribution in [1.82, 2.24) is 0 Å². The van der Waals surface area contributed by atoms with Crippen molar-refractivity contribution in [2.45, 2.75) is 6.85 Å². The summed E-state index contributed by atoms with van der Waals surface area (Å²) in [6.45, 7) is -6.17. The lowest BCUT2D eigenvalue weighted by Crippen LogP contribution is -1.91. The van der Waals surface area contributed by atoms with Crippen LogP contribution in [0.15, 0.2) is 28.6 Å². The predicted molar refractivity (Wildman–Crippen MR) is 45.3 cm³/mol. The van der Waals surface area contributed by atoms with Crippen molar-refractivity contribution < 1.29 is 17.1 Å². The molecule has 0 aromatic heterocycles. The van der Waals surface area contributed by atoms with E-state index >= 15 is 0 Å². The van der Waals surface area contributed by atoms with Crippen LogP contribution in [0.3, 0.4) is 0 Å². The van der Waals surface area contributed by atoms with Crippen LogP contribution in [0.1, 0.15) is 19.2 Å². The van der Waals surface area contributed by atoms with Crippen molar-refractivity contribution in [3.05, 3.63) is 28.6 Å².